The predicted molar refractivity (Wildman–Crippen MR) is 72.2 cm³/mol. The first-order valence-electron chi connectivity index (χ1n) is 5.62. The number of halogens is 1. The number of aromatic carboxylic acids is 1. The van der Waals surface area contributed by atoms with Crippen molar-refractivity contribution in [3.8, 4) is 11.6 Å². The van der Waals surface area contributed by atoms with Crippen molar-refractivity contribution in [3.63, 3.8) is 0 Å². The van der Waals surface area contributed by atoms with E-state index in [0.29, 0.717) is 16.3 Å². The van der Waals surface area contributed by atoms with Gasteiger partial charge in [-0.2, -0.15) is 0 Å². The van der Waals surface area contributed by atoms with Crippen molar-refractivity contribution in [2.45, 2.75) is 13.8 Å². The number of aromatic nitrogens is 1. The van der Waals surface area contributed by atoms with Crippen molar-refractivity contribution in [1.82, 2.24) is 4.98 Å². The number of aryl methyl sites for hydroxylation is 2. The second kappa shape index (κ2) is 5.28. The van der Waals surface area contributed by atoms with Gasteiger partial charge in [-0.3, -0.25) is 0 Å². The quantitative estimate of drug-likeness (QED) is 0.926. The first-order valence-corrected chi connectivity index (χ1v) is 5.99. The summed E-state index contributed by atoms with van der Waals surface area (Å²) in [6, 6.07) is 6.89. The molecule has 0 unspecified atom stereocenters. The van der Waals surface area contributed by atoms with Crippen LogP contribution in [0.2, 0.25) is 5.02 Å². The van der Waals surface area contributed by atoms with Gasteiger partial charge in [0.15, 0.2) is 0 Å². The Bertz CT molecular complexity index is 641. The van der Waals surface area contributed by atoms with E-state index in [4.69, 9.17) is 16.3 Å². The summed E-state index contributed by atoms with van der Waals surface area (Å²) >= 11 is 6.02. The number of hydrogen-bond acceptors (Lipinski definition) is 3. The van der Waals surface area contributed by atoms with E-state index in [1.165, 1.54) is 6.20 Å². The summed E-state index contributed by atoms with van der Waals surface area (Å²) in [5.41, 5.74) is 1.59. The lowest BCUT2D eigenvalue weighted by molar-refractivity contribution is 0.0692. The van der Waals surface area contributed by atoms with E-state index in [-0.39, 0.29) is 11.4 Å². The summed E-state index contributed by atoms with van der Waals surface area (Å²) in [5.74, 6) is -0.647. The molecule has 98 valence electrons. The molecule has 1 N–H and O–H groups in total. The highest BCUT2D eigenvalue weighted by molar-refractivity contribution is 6.32. The smallest absolute Gasteiger partial charge is 0.341 e. The molecule has 0 atom stereocenters. The first kappa shape index (κ1) is 13.4. The van der Waals surface area contributed by atoms with Crippen LogP contribution in [0.15, 0.2) is 30.5 Å². The Labute approximate surface area is 115 Å². The fraction of sp³-hybridized carbons (Fsp3) is 0.143. The molecule has 0 bridgehead atoms. The van der Waals surface area contributed by atoms with Gasteiger partial charge < -0.3 is 9.84 Å². The lowest BCUT2D eigenvalue weighted by Gasteiger charge is -2.11. The molecule has 1 heterocycles. The highest BCUT2D eigenvalue weighted by atomic mass is 35.5. The normalized spacial score (nSPS) is 10.3. The maximum atomic E-state index is 11.2. The summed E-state index contributed by atoms with van der Waals surface area (Å²) in [7, 11) is 0. The number of nitrogens with zero attached hydrogens (tertiary/aromatic N) is 1. The molecule has 0 fully saturated rings. The maximum absolute atomic E-state index is 11.2. The van der Waals surface area contributed by atoms with Gasteiger partial charge >= 0.3 is 5.97 Å². The molecule has 0 spiro atoms. The van der Waals surface area contributed by atoms with E-state index >= 15 is 0 Å². The zero-order chi connectivity index (χ0) is 14.0. The lowest BCUT2D eigenvalue weighted by atomic mass is 10.1. The van der Waals surface area contributed by atoms with Gasteiger partial charge in [-0.05, 0) is 43.2 Å². The number of pyridine rings is 1. The molecule has 1 aromatic carbocycles. The van der Waals surface area contributed by atoms with Gasteiger partial charge in [0.05, 0.1) is 5.02 Å². The third kappa shape index (κ3) is 2.85. The summed E-state index contributed by atoms with van der Waals surface area (Å²) in [6.45, 7) is 3.58. The molecule has 0 saturated carbocycles. The van der Waals surface area contributed by atoms with Crippen molar-refractivity contribution in [2.24, 2.45) is 0 Å². The zero-order valence-corrected chi connectivity index (χ0v) is 11.2. The Balaban J connectivity index is 2.46. The molecular formula is C14H12ClNO3. The van der Waals surface area contributed by atoms with Crippen LogP contribution in [0.3, 0.4) is 0 Å². The molecule has 0 saturated heterocycles. The largest absolute Gasteiger partial charge is 0.477 e. The molecule has 0 aliphatic rings. The van der Waals surface area contributed by atoms with Crippen LogP contribution >= 0.6 is 11.6 Å². The van der Waals surface area contributed by atoms with Gasteiger partial charge in [0.2, 0.25) is 5.88 Å². The Hall–Kier alpha value is -2.07. The Morgan fingerprint density at radius 1 is 1.32 bits per heavy atom. The zero-order valence-electron chi connectivity index (χ0n) is 10.5. The van der Waals surface area contributed by atoms with E-state index in [9.17, 15) is 9.90 Å². The summed E-state index contributed by atoms with van der Waals surface area (Å²) < 4.78 is 5.54. The minimum absolute atomic E-state index is 0.0417. The Morgan fingerprint density at radius 2 is 2.05 bits per heavy atom. The van der Waals surface area contributed by atoms with Crippen LogP contribution in [0.1, 0.15) is 21.5 Å². The Morgan fingerprint density at radius 3 is 2.74 bits per heavy atom. The molecule has 5 heteroatoms. The van der Waals surface area contributed by atoms with Gasteiger partial charge in [0.1, 0.15) is 11.3 Å². The maximum Gasteiger partial charge on any atom is 0.341 e. The number of rotatable bonds is 3. The standard InChI is InChI=1S/C14H12ClNO3/c1-8-3-4-10(15)11(7-8)19-13-12(14(17)18)9(2)5-6-16-13/h3-7H,1-2H3,(H,17,18). The minimum atomic E-state index is -1.08. The van der Waals surface area contributed by atoms with E-state index in [1.54, 1.807) is 25.1 Å². The third-order valence-corrected chi connectivity index (χ3v) is 2.94. The topological polar surface area (TPSA) is 59.4 Å². The van der Waals surface area contributed by atoms with E-state index < -0.39 is 5.97 Å². The summed E-state index contributed by atoms with van der Waals surface area (Å²) in [5, 5.41) is 9.60. The van der Waals surface area contributed by atoms with Gasteiger partial charge in [0.25, 0.3) is 0 Å². The van der Waals surface area contributed by atoms with Crippen LogP contribution in [-0.4, -0.2) is 16.1 Å². The SMILES string of the molecule is Cc1ccc(Cl)c(Oc2nccc(C)c2C(=O)O)c1. The fourth-order valence-electron chi connectivity index (χ4n) is 1.66. The first-order chi connectivity index (χ1) is 8.99. The number of carboxylic acids is 1. The number of benzene rings is 1. The van der Waals surface area contributed by atoms with Crippen molar-refractivity contribution in [2.75, 3.05) is 0 Å². The summed E-state index contributed by atoms with van der Waals surface area (Å²) in [6.07, 6.45) is 1.50. The van der Waals surface area contributed by atoms with Crippen molar-refractivity contribution in [3.05, 3.63) is 52.2 Å². The molecule has 4 nitrogen and oxygen atoms in total. The van der Waals surface area contributed by atoms with Crippen LogP contribution in [-0.2, 0) is 0 Å². The highest BCUT2D eigenvalue weighted by Crippen LogP contribution is 2.31. The Kier molecular flexibility index (Phi) is 3.71. The molecule has 0 aliphatic heterocycles. The van der Waals surface area contributed by atoms with Crippen LogP contribution in [0.4, 0.5) is 0 Å². The number of carboxylic acid groups (broad SMARTS) is 1. The number of hydrogen-bond donors (Lipinski definition) is 1. The van der Waals surface area contributed by atoms with Crippen LogP contribution < -0.4 is 4.74 Å². The molecule has 19 heavy (non-hydrogen) atoms. The molecule has 2 rings (SSSR count). The van der Waals surface area contributed by atoms with Crippen molar-refractivity contribution >= 4 is 17.6 Å². The van der Waals surface area contributed by atoms with Gasteiger partial charge in [-0.1, -0.05) is 17.7 Å². The molecule has 1 aromatic heterocycles. The molecule has 0 amide bonds. The highest BCUT2D eigenvalue weighted by Gasteiger charge is 2.17. The van der Waals surface area contributed by atoms with E-state index in [0.717, 1.165) is 5.56 Å². The summed E-state index contributed by atoms with van der Waals surface area (Å²) in [4.78, 5) is 15.2. The minimum Gasteiger partial charge on any atom is -0.477 e. The monoisotopic (exact) mass is 277 g/mol. The third-order valence-electron chi connectivity index (χ3n) is 2.63. The average Bonchev–Trinajstić information content (AvgIpc) is 2.33. The van der Waals surface area contributed by atoms with E-state index in [1.807, 2.05) is 13.0 Å². The molecule has 0 radical (unpaired) electrons. The molecular weight excluding hydrogens is 266 g/mol. The molecule has 0 aliphatic carbocycles. The number of carbonyl (C=O) groups is 1. The second-order valence-corrected chi connectivity index (χ2v) is 4.56. The van der Waals surface area contributed by atoms with Gasteiger partial charge in [-0.25, -0.2) is 9.78 Å². The molecule has 2 aromatic rings. The van der Waals surface area contributed by atoms with Crippen LogP contribution in [0, 0.1) is 13.8 Å². The van der Waals surface area contributed by atoms with Crippen LogP contribution in [0.5, 0.6) is 11.6 Å². The van der Waals surface area contributed by atoms with Crippen molar-refractivity contribution in [1.29, 1.82) is 0 Å². The van der Waals surface area contributed by atoms with Crippen molar-refractivity contribution < 1.29 is 14.6 Å². The lowest BCUT2D eigenvalue weighted by Crippen LogP contribution is -2.04. The predicted octanol–water partition coefficient (Wildman–Crippen LogP) is 3.84. The van der Waals surface area contributed by atoms with Gasteiger partial charge in [-0.15, -0.1) is 0 Å². The number of ether oxygens (including phenoxy) is 1. The second-order valence-electron chi connectivity index (χ2n) is 4.15. The van der Waals surface area contributed by atoms with E-state index in [2.05, 4.69) is 4.98 Å². The average molecular weight is 278 g/mol. The van der Waals surface area contributed by atoms with Gasteiger partial charge in [0, 0.05) is 6.20 Å². The van der Waals surface area contributed by atoms with Crippen LogP contribution in [0.25, 0.3) is 0 Å². The fourth-order valence-corrected chi connectivity index (χ4v) is 1.82.